The molecule has 204 valence electrons. The fourth-order valence-electron chi connectivity index (χ4n) is 4.49. The summed E-state index contributed by atoms with van der Waals surface area (Å²) in [5, 5.41) is 0. The number of hydrogen-bond acceptors (Lipinski definition) is 4. The normalized spacial score (nSPS) is 10.9. The Hall–Kier alpha value is -3.14. The van der Waals surface area contributed by atoms with Crippen LogP contribution in [0.1, 0.15) is 107 Å². The van der Waals surface area contributed by atoms with E-state index in [0.29, 0.717) is 11.3 Å². The van der Waals surface area contributed by atoms with Crippen LogP contribution >= 0.6 is 0 Å². The minimum absolute atomic E-state index is 0.341. The number of hydrogen-bond donors (Lipinski definition) is 0. The maximum absolute atomic E-state index is 12.6. The molecule has 1 aromatic heterocycles. The third-order valence-electron chi connectivity index (χ3n) is 6.87. The molecule has 0 aliphatic carbocycles. The van der Waals surface area contributed by atoms with Crippen molar-refractivity contribution in [2.75, 3.05) is 6.61 Å². The smallest absolute Gasteiger partial charge is 0.343 e. The zero-order valence-electron chi connectivity index (χ0n) is 23.4. The topological polar surface area (TPSA) is 48.4 Å². The van der Waals surface area contributed by atoms with E-state index in [1.165, 1.54) is 76.2 Å². The van der Waals surface area contributed by atoms with Crippen LogP contribution < -0.4 is 9.47 Å². The number of aryl methyl sites for hydroxylation is 1. The Morgan fingerprint density at radius 1 is 0.658 bits per heavy atom. The molecule has 2 aromatic carbocycles. The van der Waals surface area contributed by atoms with E-state index in [9.17, 15) is 4.79 Å². The lowest BCUT2D eigenvalue weighted by Crippen LogP contribution is -2.08. The van der Waals surface area contributed by atoms with Gasteiger partial charge in [-0.3, -0.25) is 4.98 Å². The van der Waals surface area contributed by atoms with E-state index < -0.39 is 0 Å². The van der Waals surface area contributed by atoms with Gasteiger partial charge in [-0.05, 0) is 73.4 Å². The third kappa shape index (κ3) is 10.7. The van der Waals surface area contributed by atoms with Crippen LogP contribution in [0.3, 0.4) is 0 Å². The summed E-state index contributed by atoms with van der Waals surface area (Å²) in [4.78, 5) is 17.1. The lowest BCUT2D eigenvalue weighted by molar-refractivity contribution is 0.0734. The largest absolute Gasteiger partial charge is 0.492 e. The molecule has 0 atom stereocenters. The molecule has 0 saturated heterocycles. The molecule has 3 aromatic rings. The highest BCUT2D eigenvalue weighted by Gasteiger charge is 2.09. The number of ether oxygens (including phenoxy) is 2. The molecule has 38 heavy (non-hydrogen) atoms. The second kappa shape index (κ2) is 17.4. The number of pyridine rings is 1. The zero-order chi connectivity index (χ0) is 26.8. The van der Waals surface area contributed by atoms with Crippen LogP contribution in [-0.2, 0) is 6.42 Å². The number of esters is 1. The van der Waals surface area contributed by atoms with Gasteiger partial charge in [-0.25, -0.2) is 4.79 Å². The molecule has 0 spiro atoms. The molecule has 3 rings (SSSR count). The summed E-state index contributed by atoms with van der Waals surface area (Å²) in [6.45, 7) is 5.21. The summed E-state index contributed by atoms with van der Waals surface area (Å²) in [7, 11) is 0. The molecule has 0 aliphatic heterocycles. The standard InChI is InChI=1S/C34H45NO3/c1-3-5-7-9-10-11-12-14-26-37-32-24-25-33(35-27-32)29-20-22-31(23-21-29)38-34(36)30-18-16-28(17-19-30)15-13-8-6-4-2/h16-25,27H,3-15,26H2,1-2H3. The van der Waals surface area contributed by atoms with Crippen molar-refractivity contribution >= 4 is 5.97 Å². The van der Waals surface area contributed by atoms with Gasteiger partial charge in [0.1, 0.15) is 11.5 Å². The zero-order valence-corrected chi connectivity index (χ0v) is 23.4. The Kier molecular flexibility index (Phi) is 13.5. The molecule has 0 fully saturated rings. The molecule has 1 heterocycles. The first-order chi connectivity index (χ1) is 18.7. The van der Waals surface area contributed by atoms with E-state index in [1.54, 1.807) is 6.20 Å². The summed E-state index contributed by atoms with van der Waals surface area (Å²) in [5.74, 6) is 0.980. The highest BCUT2D eigenvalue weighted by atomic mass is 16.5. The van der Waals surface area contributed by atoms with Gasteiger partial charge in [0.25, 0.3) is 0 Å². The number of benzene rings is 2. The second-order valence-corrected chi connectivity index (χ2v) is 10.1. The lowest BCUT2D eigenvalue weighted by Gasteiger charge is -2.08. The molecular weight excluding hydrogens is 470 g/mol. The number of carbonyl (C=O) groups is 1. The fraction of sp³-hybridized carbons (Fsp3) is 0.471. The molecule has 0 radical (unpaired) electrons. The van der Waals surface area contributed by atoms with E-state index in [2.05, 4.69) is 18.8 Å². The molecule has 0 saturated carbocycles. The Morgan fingerprint density at radius 3 is 1.89 bits per heavy atom. The average Bonchev–Trinajstić information content (AvgIpc) is 2.95. The van der Waals surface area contributed by atoms with Gasteiger partial charge < -0.3 is 9.47 Å². The van der Waals surface area contributed by atoms with E-state index >= 15 is 0 Å². The van der Waals surface area contributed by atoms with Crippen LogP contribution in [0.2, 0.25) is 0 Å². The summed E-state index contributed by atoms with van der Waals surface area (Å²) < 4.78 is 11.4. The molecule has 4 nitrogen and oxygen atoms in total. The number of unbranched alkanes of at least 4 members (excludes halogenated alkanes) is 10. The van der Waals surface area contributed by atoms with Crippen LogP contribution in [0, 0.1) is 0 Å². The SMILES string of the molecule is CCCCCCCCCCOc1ccc(-c2ccc(OC(=O)c3ccc(CCCCCC)cc3)cc2)nc1. The number of aromatic nitrogens is 1. The molecular formula is C34H45NO3. The molecule has 4 heteroatoms. The van der Waals surface area contributed by atoms with Crippen molar-refractivity contribution in [2.45, 2.75) is 97.3 Å². The Bertz CT molecular complexity index is 1040. The number of rotatable bonds is 18. The van der Waals surface area contributed by atoms with Gasteiger partial charge in [0, 0.05) is 5.56 Å². The van der Waals surface area contributed by atoms with Crippen LogP contribution in [0.15, 0.2) is 66.9 Å². The van der Waals surface area contributed by atoms with Gasteiger partial charge in [-0.15, -0.1) is 0 Å². The third-order valence-corrected chi connectivity index (χ3v) is 6.87. The lowest BCUT2D eigenvalue weighted by atomic mass is 10.0. The van der Waals surface area contributed by atoms with Crippen molar-refractivity contribution in [1.29, 1.82) is 0 Å². The van der Waals surface area contributed by atoms with Crippen LogP contribution in [0.4, 0.5) is 0 Å². The molecule has 0 amide bonds. The minimum Gasteiger partial charge on any atom is -0.492 e. The van der Waals surface area contributed by atoms with E-state index in [1.807, 2.05) is 60.7 Å². The summed E-state index contributed by atoms with van der Waals surface area (Å²) in [6, 6.07) is 19.2. The van der Waals surface area contributed by atoms with E-state index in [0.717, 1.165) is 36.5 Å². The molecule has 0 unspecified atom stereocenters. The highest BCUT2D eigenvalue weighted by Crippen LogP contribution is 2.23. The first kappa shape index (κ1) is 29.4. The maximum atomic E-state index is 12.6. The fourth-order valence-corrected chi connectivity index (χ4v) is 4.49. The van der Waals surface area contributed by atoms with Crippen LogP contribution in [0.5, 0.6) is 11.5 Å². The van der Waals surface area contributed by atoms with Gasteiger partial charge in [0.2, 0.25) is 0 Å². The highest BCUT2D eigenvalue weighted by molar-refractivity contribution is 5.91. The minimum atomic E-state index is -0.341. The second-order valence-electron chi connectivity index (χ2n) is 10.1. The maximum Gasteiger partial charge on any atom is 0.343 e. The van der Waals surface area contributed by atoms with Gasteiger partial charge >= 0.3 is 5.97 Å². The number of nitrogens with zero attached hydrogens (tertiary/aromatic N) is 1. The Balaban J connectivity index is 1.39. The summed E-state index contributed by atoms with van der Waals surface area (Å²) in [5.41, 5.74) is 3.65. The molecule has 0 aliphatic rings. The van der Waals surface area contributed by atoms with Gasteiger partial charge in [0.05, 0.1) is 24.1 Å². The van der Waals surface area contributed by atoms with Crippen molar-refractivity contribution in [2.24, 2.45) is 0 Å². The molecule has 0 bridgehead atoms. The first-order valence-corrected chi connectivity index (χ1v) is 14.7. The van der Waals surface area contributed by atoms with Crippen LogP contribution in [-0.4, -0.2) is 17.6 Å². The van der Waals surface area contributed by atoms with Crippen molar-refractivity contribution in [3.63, 3.8) is 0 Å². The summed E-state index contributed by atoms with van der Waals surface area (Å²) in [6.07, 6.45) is 18.1. The van der Waals surface area contributed by atoms with Gasteiger partial charge in [0.15, 0.2) is 0 Å². The van der Waals surface area contributed by atoms with E-state index in [-0.39, 0.29) is 5.97 Å². The molecule has 0 N–H and O–H groups in total. The number of carbonyl (C=O) groups excluding carboxylic acids is 1. The van der Waals surface area contributed by atoms with Crippen molar-refractivity contribution < 1.29 is 14.3 Å². The van der Waals surface area contributed by atoms with Crippen LogP contribution in [0.25, 0.3) is 11.3 Å². The van der Waals surface area contributed by atoms with Crippen molar-refractivity contribution in [3.8, 4) is 22.8 Å². The average molecular weight is 516 g/mol. The van der Waals surface area contributed by atoms with Gasteiger partial charge in [-0.1, -0.05) is 90.2 Å². The quantitative estimate of drug-likeness (QED) is 0.0961. The summed E-state index contributed by atoms with van der Waals surface area (Å²) >= 11 is 0. The van der Waals surface area contributed by atoms with Crippen molar-refractivity contribution in [1.82, 2.24) is 4.98 Å². The Labute approximate surface area is 229 Å². The first-order valence-electron chi connectivity index (χ1n) is 14.7. The van der Waals surface area contributed by atoms with Crippen molar-refractivity contribution in [3.05, 3.63) is 78.0 Å². The van der Waals surface area contributed by atoms with E-state index in [4.69, 9.17) is 9.47 Å². The predicted octanol–water partition coefficient (Wildman–Crippen LogP) is 9.61. The van der Waals surface area contributed by atoms with Gasteiger partial charge in [-0.2, -0.15) is 0 Å². The monoisotopic (exact) mass is 515 g/mol. The Morgan fingerprint density at radius 2 is 1.26 bits per heavy atom. The predicted molar refractivity (Wildman–Crippen MR) is 157 cm³/mol.